The van der Waals surface area contributed by atoms with Crippen LogP contribution in [-0.2, 0) is 11.3 Å². The fraction of sp³-hybridized carbons (Fsp3) is 0.778. The van der Waals surface area contributed by atoms with Crippen molar-refractivity contribution in [3.8, 4) is 0 Å². The molecule has 0 unspecified atom stereocenters. The Morgan fingerprint density at radius 2 is 2.12 bits per heavy atom. The zero-order valence-corrected chi connectivity index (χ0v) is 15.4. The third-order valence-corrected chi connectivity index (χ3v) is 5.23. The van der Waals surface area contributed by atoms with Crippen molar-refractivity contribution < 1.29 is 9.53 Å². The van der Waals surface area contributed by atoms with Crippen LogP contribution in [0.2, 0.25) is 0 Å². The van der Waals surface area contributed by atoms with Crippen LogP contribution in [0.25, 0.3) is 0 Å². The first kappa shape index (κ1) is 18.2. The number of nitrogens with zero attached hydrogens (tertiary/aromatic N) is 3. The van der Waals surface area contributed by atoms with Crippen LogP contribution in [0.4, 0.5) is 4.79 Å². The van der Waals surface area contributed by atoms with Gasteiger partial charge in [-0.25, -0.2) is 9.78 Å². The molecule has 25 heavy (non-hydrogen) atoms. The maximum Gasteiger partial charge on any atom is 0.317 e. The maximum atomic E-state index is 11.9. The maximum absolute atomic E-state index is 11.9. The lowest BCUT2D eigenvalue weighted by molar-refractivity contribution is -0.0225. The summed E-state index contributed by atoms with van der Waals surface area (Å²) in [5, 5.41) is 6.69. The van der Waals surface area contributed by atoms with Crippen molar-refractivity contribution in [2.75, 3.05) is 26.2 Å². The SMILES string of the molecule is CCNC(=O)N1CCC(N[C@H]2CCCO[C@@H]2c2nccn2CC)CC1. The number of imidazole rings is 1. The zero-order valence-electron chi connectivity index (χ0n) is 15.4. The molecule has 0 bridgehead atoms. The number of carbonyl (C=O) groups is 1. The van der Waals surface area contributed by atoms with Gasteiger partial charge in [0.05, 0.1) is 0 Å². The molecule has 3 rings (SSSR count). The summed E-state index contributed by atoms with van der Waals surface area (Å²) in [6, 6.07) is 0.789. The van der Waals surface area contributed by atoms with Crippen molar-refractivity contribution in [2.24, 2.45) is 0 Å². The molecule has 2 N–H and O–H groups in total. The van der Waals surface area contributed by atoms with E-state index in [1.54, 1.807) is 0 Å². The number of nitrogens with one attached hydrogen (secondary N) is 2. The van der Waals surface area contributed by atoms with Gasteiger partial charge < -0.3 is 24.8 Å². The molecule has 0 aliphatic carbocycles. The normalized spacial score (nSPS) is 25.1. The van der Waals surface area contributed by atoms with Crippen LogP contribution in [-0.4, -0.2) is 58.8 Å². The van der Waals surface area contributed by atoms with Crippen molar-refractivity contribution in [3.63, 3.8) is 0 Å². The van der Waals surface area contributed by atoms with Crippen molar-refractivity contribution in [2.45, 2.75) is 64.3 Å². The van der Waals surface area contributed by atoms with Crippen molar-refractivity contribution in [1.29, 1.82) is 0 Å². The van der Waals surface area contributed by atoms with Gasteiger partial charge in [-0.1, -0.05) is 0 Å². The minimum Gasteiger partial charge on any atom is -0.369 e. The minimum absolute atomic E-state index is 0.0186. The summed E-state index contributed by atoms with van der Waals surface area (Å²) in [6.07, 6.45) is 8.07. The first-order valence-electron chi connectivity index (χ1n) is 9.64. The van der Waals surface area contributed by atoms with Crippen molar-refractivity contribution >= 4 is 6.03 Å². The second kappa shape index (κ2) is 8.67. The Balaban J connectivity index is 1.57. The number of hydrogen-bond acceptors (Lipinski definition) is 4. The van der Waals surface area contributed by atoms with Gasteiger partial charge in [-0.05, 0) is 39.5 Å². The summed E-state index contributed by atoms with van der Waals surface area (Å²) < 4.78 is 8.26. The summed E-state index contributed by atoms with van der Waals surface area (Å²) in [5.41, 5.74) is 0. The Hall–Kier alpha value is -1.60. The molecule has 2 saturated heterocycles. The third kappa shape index (κ3) is 4.33. The van der Waals surface area contributed by atoms with E-state index < -0.39 is 0 Å². The second-order valence-electron chi connectivity index (χ2n) is 6.88. The van der Waals surface area contributed by atoms with Gasteiger partial charge in [0.1, 0.15) is 11.9 Å². The number of likely N-dealkylation sites (tertiary alicyclic amines) is 1. The van der Waals surface area contributed by atoms with Crippen LogP contribution >= 0.6 is 0 Å². The molecule has 0 aromatic carbocycles. The lowest BCUT2D eigenvalue weighted by Crippen LogP contribution is -2.52. The number of aryl methyl sites for hydroxylation is 1. The van der Waals surface area contributed by atoms with Gasteiger partial charge in [0.25, 0.3) is 0 Å². The monoisotopic (exact) mass is 349 g/mol. The molecule has 140 valence electrons. The number of amides is 2. The number of piperidine rings is 1. The zero-order chi connectivity index (χ0) is 17.6. The average Bonchev–Trinajstić information content (AvgIpc) is 3.11. The van der Waals surface area contributed by atoms with Crippen LogP contribution in [0.15, 0.2) is 12.4 Å². The number of carbonyl (C=O) groups excluding carboxylic acids is 1. The van der Waals surface area contributed by atoms with Crippen LogP contribution in [0.1, 0.15) is 51.5 Å². The molecule has 2 aliphatic heterocycles. The summed E-state index contributed by atoms with van der Waals surface area (Å²) >= 11 is 0. The van der Waals surface area contributed by atoms with E-state index in [1.807, 2.05) is 24.2 Å². The highest BCUT2D eigenvalue weighted by molar-refractivity contribution is 5.74. The molecule has 1 aromatic heterocycles. The van der Waals surface area contributed by atoms with Gasteiger partial charge in [0.15, 0.2) is 0 Å². The number of hydrogen-bond donors (Lipinski definition) is 2. The average molecular weight is 349 g/mol. The molecule has 1 aromatic rings. The molecular formula is C18H31N5O2. The molecule has 7 nitrogen and oxygen atoms in total. The Morgan fingerprint density at radius 3 is 2.84 bits per heavy atom. The highest BCUT2D eigenvalue weighted by Crippen LogP contribution is 2.28. The predicted molar refractivity (Wildman–Crippen MR) is 96.4 cm³/mol. The van der Waals surface area contributed by atoms with E-state index in [0.717, 1.165) is 57.7 Å². The lowest BCUT2D eigenvalue weighted by atomic mass is 9.97. The van der Waals surface area contributed by atoms with Gasteiger partial charge in [0.2, 0.25) is 0 Å². The van der Waals surface area contributed by atoms with Crippen LogP contribution < -0.4 is 10.6 Å². The van der Waals surface area contributed by atoms with Crippen LogP contribution in [0.3, 0.4) is 0 Å². The van der Waals surface area contributed by atoms with Gasteiger partial charge in [-0.2, -0.15) is 0 Å². The molecule has 2 aliphatic rings. The van der Waals surface area contributed by atoms with E-state index in [4.69, 9.17) is 4.74 Å². The number of aromatic nitrogens is 2. The lowest BCUT2D eigenvalue weighted by Gasteiger charge is -2.38. The topological polar surface area (TPSA) is 71.4 Å². The second-order valence-corrected chi connectivity index (χ2v) is 6.88. The van der Waals surface area contributed by atoms with Crippen molar-refractivity contribution in [3.05, 3.63) is 18.2 Å². The fourth-order valence-corrected chi connectivity index (χ4v) is 3.87. The van der Waals surface area contributed by atoms with E-state index in [9.17, 15) is 4.79 Å². The van der Waals surface area contributed by atoms with Gasteiger partial charge in [-0.15, -0.1) is 0 Å². The molecule has 0 spiro atoms. The van der Waals surface area contributed by atoms with Gasteiger partial charge in [0, 0.05) is 57.3 Å². The number of rotatable bonds is 5. The molecule has 2 fully saturated rings. The van der Waals surface area contributed by atoms with E-state index in [-0.39, 0.29) is 12.1 Å². The molecule has 3 heterocycles. The summed E-state index contributed by atoms with van der Waals surface area (Å²) in [5.74, 6) is 1.03. The van der Waals surface area contributed by atoms with Crippen molar-refractivity contribution in [1.82, 2.24) is 25.1 Å². The van der Waals surface area contributed by atoms with E-state index in [0.29, 0.717) is 18.6 Å². The quantitative estimate of drug-likeness (QED) is 0.852. The first-order chi connectivity index (χ1) is 12.2. The largest absolute Gasteiger partial charge is 0.369 e. The Morgan fingerprint density at radius 1 is 1.32 bits per heavy atom. The minimum atomic E-state index is 0.0186. The standard InChI is InChI=1S/C18H31N5O2/c1-3-19-18(24)23-10-7-14(8-11-23)21-15-6-5-13-25-16(15)17-20-9-12-22(17)4-2/h9,12,14-16,21H,3-8,10-11,13H2,1-2H3,(H,19,24)/t15-,16-/m0/s1. The molecule has 2 atom stereocenters. The Bertz CT molecular complexity index is 553. The van der Waals surface area contributed by atoms with E-state index in [2.05, 4.69) is 27.1 Å². The van der Waals surface area contributed by atoms with Gasteiger partial charge in [-0.3, -0.25) is 0 Å². The Kier molecular flexibility index (Phi) is 6.31. The highest BCUT2D eigenvalue weighted by Gasteiger charge is 2.33. The summed E-state index contributed by atoms with van der Waals surface area (Å²) in [6.45, 7) is 8.10. The van der Waals surface area contributed by atoms with Crippen LogP contribution in [0, 0.1) is 0 Å². The third-order valence-electron chi connectivity index (χ3n) is 5.23. The van der Waals surface area contributed by atoms with E-state index in [1.165, 1.54) is 0 Å². The van der Waals surface area contributed by atoms with Gasteiger partial charge >= 0.3 is 6.03 Å². The highest BCUT2D eigenvalue weighted by atomic mass is 16.5. The predicted octanol–water partition coefficient (Wildman–Crippen LogP) is 1.91. The van der Waals surface area contributed by atoms with Crippen LogP contribution in [0.5, 0.6) is 0 Å². The molecule has 2 amide bonds. The molecule has 7 heteroatoms. The fourth-order valence-electron chi connectivity index (χ4n) is 3.87. The van der Waals surface area contributed by atoms with E-state index >= 15 is 0 Å². The first-order valence-corrected chi connectivity index (χ1v) is 9.64. The molecule has 0 radical (unpaired) electrons. The smallest absolute Gasteiger partial charge is 0.317 e. The molecule has 0 saturated carbocycles. The summed E-state index contributed by atoms with van der Waals surface area (Å²) in [7, 11) is 0. The molecular weight excluding hydrogens is 318 g/mol. The Labute approximate surface area is 150 Å². The summed E-state index contributed by atoms with van der Waals surface area (Å²) in [4.78, 5) is 18.4. The number of urea groups is 1. The number of ether oxygens (including phenoxy) is 1.